The van der Waals surface area contributed by atoms with Gasteiger partial charge in [0.25, 0.3) is 0 Å². The molecule has 18 heavy (non-hydrogen) atoms. The molecule has 2 rings (SSSR count). The molecular weight excluding hydrogens is 272 g/mol. The Hall–Kier alpha value is -0.470. The highest BCUT2D eigenvalue weighted by Crippen LogP contribution is 2.22. The lowest BCUT2D eigenvalue weighted by molar-refractivity contribution is 0.248. The van der Waals surface area contributed by atoms with Gasteiger partial charge in [0.05, 0.1) is 11.5 Å². The van der Waals surface area contributed by atoms with Crippen molar-refractivity contribution in [2.45, 2.75) is 30.4 Å². The van der Waals surface area contributed by atoms with Crippen LogP contribution in [0.4, 0.5) is 0 Å². The molecule has 0 radical (unpaired) electrons. The molecule has 0 unspecified atom stereocenters. The predicted molar refractivity (Wildman–Crippen MR) is 71.1 cm³/mol. The van der Waals surface area contributed by atoms with Gasteiger partial charge < -0.3 is 10.0 Å². The smallest absolute Gasteiger partial charge is 0.242 e. The largest absolute Gasteiger partial charge is 0.391 e. The lowest BCUT2D eigenvalue weighted by atomic mass is 10.1. The molecule has 0 bridgehead atoms. The fraction of sp³-hybridized carbons (Fsp3) is 0.636. The summed E-state index contributed by atoms with van der Waals surface area (Å²) in [4.78, 5) is 2.90. The maximum absolute atomic E-state index is 12.2. The van der Waals surface area contributed by atoms with E-state index in [0.29, 0.717) is 4.88 Å². The molecule has 5 nitrogen and oxygen atoms in total. The van der Waals surface area contributed by atoms with Gasteiger partial charge in [-0.1, -0.05) is 0 Å². The Labute approximate surface area is 111 Å². The average Bonchev–Trinajstić information content (AvgIpc) is 2.81. The van der Waals surface area contributed by atoms with Crippen LogP contribution >= 0.6 is 11.3 Å². The van der Waals surface area contributed by atoms with Crippen LogP contribution in [0.5, 0.6) is 0 Å². The fourth-order valence-electron chi connectivity index (χ4n) is 2.09. The Morgan fingerprint density at radius 3 is 2.78 bits per heavy atom. The van der Waals surface area contributed by atoms with Gasteiger partial charge in [-0.3, -0.25) is 0 Å². The summed E-state index contributed by atoms with van der Waals surface area (Å²) in [6.07, 6.45) is 1.66. The van der Waals surface area contributed by atoms with Crippen molar-refractivity contribution >= 4 is 21.4 Å². The van der Waals surface area contributed by atoms with Crippen LogP contribution in [-0.4, -0.2) is 44.6 Å². The van der Waals surface area contributed by atoms with Crippen LogP contribution in [0.3, 0.4) is 0 Å². The van der Waals surface area contributed by atoms with Gasteiger partial charge in [-0.15, -0.1) is 11.3 Å². The number of likely N-dealkylation sites (tertiary alicyclic amines) is 1. The second-order valence-corrected chi connectivity index (χ2v) is 7.25. The molecule has 0 amide bonds. The van der Waals surface area contributed by atoms with E-state index in [4.69, 9.17) is 5.11 Å². The molecule has 1 fully saturated rings. The molecule has 1 aromatic rings. The van der Waals surface area contributed by atoms with E-state index in [1.165, 1.54) is 11.3 Å². The Morgan fingerprint density at radius 1 is 1.50 bits per heavy atom. The van der Waals surface area contributed by atoms with Crippen LogP contribution in [0.15, 0.2) is 16.3 Å². The number of aliphatic hydroxyl groups excluding tert-OH is 1. The van der Waals surface area contributed by atoms with Gasteiger partial charge in [0.1, 0.15) is 0 Å². The van der Waals surface area contributed by atoms with Gasteiger partial charge in [0.2, 0.25) is 10.0 Å². The lowest BCUT2D eigenvalue weighted by Gasteiger charge is -2.29. The van der Waals surface area contributed by atoms with E-state index in [-0.39, 0.29) is 17.5 Å². The second kappa shape index (κ2) is 5.66. The molecule has 7 heteroatoms. The molecule has 1 aliphatic heterocycles. The molecule has 0 saturated carbocycles. The van der Waals surface area contributed by atoms with Crippen molar-refractivity contribution in [2.75, 3.05) is 20.1 Å². The molecule has 2 heterocycles. The van der Waals surface area contributed by atoms with Crippen molar-refractivity contribution in [3.05, 3.63) is 16.3 Å². The molecule has 1 saturated heterocycles. The van der Waals surface area contributed by atoms with Crippen LogP contribution in [0.25, 0.3) is 0 Å². The third-order valence-electron chi connectivity index (χ3n) is 3.18. The zero-order valence-corrected chi connectivity index (χ0v) is 11.9. The van der Waals surface area contributed by atoms with E-state index in [1.54, 1.807) is 11.4 Å². The van der Waals surface area contributed by atoms with Gasteiger partial charge in [-0.25, -0.2) is 13.1 Å². The highest BCUT2D eigenvalue weighted by Gasteiger charge is 2.25. The van der Waals surface area contributed by atoms with E-state index in [1.807, 2.05) is 7.05 Å². The van der Waals surface area contributed by atoms with Crippen molar-refractivity contribution in [2.24, 2.45) is 0 Å². The van der Waals surface area contributed by atoms with E-state index in [0.717, 1.165) is 25.9 Å². The number of sulfonamides is 1. The zero-order valence-electron chi connectivity index (χ0n) is 10.3. The van der Waals surface area contributed by atoms with E-state index in [9.17, 15) is 8.42 Å². The third-order valence-corrected chi connectivity index (χ3v) is 5.82. The predicted octanol–water partition coefficient (Wildman–Crippen LogP) is 0.613. The number of rotatable bonds is 4. The molecule has 102 valence electrons. The summed E-state index contributed by atoms with van der Waals surface area (Å²) in [6.45, 7) is 1.58. The normalized spacial score (nSPS) is 19.2. The average molecular weight is 290 g/mol. The first-order valence-electron chi connectivity index (χ1n) is 5.91. The SMILES string of the molecule is CN1CCC(NS(=O)(=O)c2ccsc2CO)CC1. The van der Waals surface area contributed by atoms with E-state index >= 15 is 0 Å². The third kappa shape index (κ3) is 3.10. The number of hydrogen-bond acceptors (Lipinski definition) is 5. The van der Waals surface area contributed by atoms with E-state index in [2.05, 4.69) is 9.62 Å². The van der Waals surface area contributed by atoms with Gasteiger partial charge in [-0.05, 0) is 44.4 Å². The Morgan fingerprint density at radius 2 is 2.17 bits per heavy atom. The lowest BCUT2D eigenvalue weighted by Crippen LogP contribution is -2.43. The summed E-state index contributed by atoms with van der Waals surface area (Å²) in [5.74, 6) is 0. The fourth-order valence-corrected chi connectivity index (χ4v) is 4.69. The monoisotopic (exact) mass is 290 g/mol. The summed E-state index contributed by atoms with van der Waals surface area (Å²) in [5, 5.41) is 10.8. The minimum Gasteiger partial charge on any atom is -0.391 e. The molecule has 1 aromatic heterocycles. The van der Waals surface area contributed by atoms with Crippen LogP contribution in [0.2, 0.25) is 0 Å². The number of piperidine rings is 1. The summed E-state index contributed by atoms with van der Waals surface area (Å²) < 4.78 is 27.1. The van der Waals surface area contributed by atoms with Crippen molar-refractivity contribution in [1.82, 2.24) is 9.62 Å². The van der Waals surface area contributed by atoms with Crippen LogP contribution in [0, 0.1) is 0 Å². The summed E-state index contributed by atoms with van der Waals surface area (Å²) in [5.41, 5.74) is 0. The topological polar surface area (TPSA) is 69.6 Å². The Kier molecular flexibility index (Phi) is 4.39. The zero-order chi connectivity index (χ0) is 13.2. The first kappa shape index (κ1) is 14.0. The highest BCUT2D eigenvalue weighted by molar-refractivity contribution is 7.89. The van der Waals surface area contributed by atoms with Gasteiger partial charge in [-0.2, -0.15) is 0 Å². The Bertz CT molecular complexity index is 490. The molecule has 0 aliphatic carbocycles. The minimum atomic E-state index is -3.49. The molecule has 0 spiro atoms. The van der Waals surface area contributed by atoms with Gasteiger partial charge in [0.15, 0.2) is 0 Å². The molecule has 1 aliphatic rings. The number of hydrogen-bond donors (Lipinski definition) is 2. The van der Waals surface area contributed by atoms with Gasteiger partial charge in [0, 0.05) is 10.9 Å². The maximum atomic E-state index is 12.2. The number of thiophene rings is 1. The quantitative estimate of drug-likeness (QED) is 0.852. The summed E-state index contributed by atoms with van der Waals surface area (Å²) >= 11 is 1.26. The summed E-state index contributed by atoms with van der Waals surface area (Å²) in [7, 11) is -1.46. The Balaban J connectivity index is 2.08. The first-order chi connectivity index (χ1) is 8.53. The van der Waals surface area contributed by atoms with Crippen LogP contribution in [-0.2, 0) is 16.6 Å². The highest BCUT2D eigenvalue weighted by atomic mass is 32.2. The number of nitrogens with one attached hydrogen (secondary N) is 1. The van der Waals surface area contributed by atoms with Crippen molar-refractivity contribution < 1.29 is 13.5 Å². The van der Waals surface area contributed by atoms with Crippen molar-refractivity contribution in [3.8, 4) is 0 Å². The first-order valence-corrected chi connectivity index (χ1v) is 8.27. The van der Waals surface area contributed by atoms with Crippen LogP contribution < -0.4 is 4.72 Å². The second-order valence-electron chi connectivity index (χ2n) is 4.56. The number of nitrogens with zero attached hydrogens (tertiary/aromatic N) is 1. The van der Waals surface area contributed by atoms with Gasteiger partial charge >= 0.3 is 0 Å². The molecule has 2 N–H and O–H groups in total. The minimum absolute atomic E-state index is 0.00218. The van der Waals surface area contributed by atoms with Crippen LogP contribution in [0.1, 0.15) is 17.7 Å². The van der Waals surface area contributed by atoms with Crippen molar-refractivity contribution in [3.63, 3.8) is 0 Å². The molecule has 0 aromatic carbocycles. The van der Waals surface area contributed by atoms with E-state index < -0.39 is 10.0 Å². The maximum Gasteiger partial charge on any atom is 0.242 e. The standard InChI is InChI=1S/C11H18N2O3S2/c1-13-5-2-9(3-6-13)12-18(15,16)11-4-7-17-10(11)8-14/h4,7,9,12,14H,2-3,5-6,8H2,1H3. The number of aliphatic hydroxyl groups is 1. The molecular formula is C11H18N2O3S2. The van der Waals surface area contributed by atoms with Crippen molar-refractivity contribution in [1.29, 1.82) is 0 Å². The molecule has 0 atom stereocenters. The summed E-state index contributed by atoms with van der Waals surface area (Å²) in [6, 6.07) is 1.55.